The molecule has 0 bridgehead atoms. The molecule has 0 aliphatic rings. The van der Waals surface area contributed by atoms with E-state index in [2.05, 4.69) is 15.2 Å². The van der Waals surface area contributed by atoms with Crippen LogP contribution >= 0.6 is 35.2 Å². The number of nitrogens with one attached hydrogen (secondary N) is 2. The minimum atomic E-state index is -4.59. The number of halogens is 4. The number of thiazole rings is 1. The molecule has 0 saturated carbocycles. The highest BCUT2D eigenvalue weighted by molar-refractivity contribution is 7.73. The fraction of sp³-hybridized carbons (Fsp3) is 0.0526. The van der Waals surface area contributed by atoms with E-state index in [0.717, 1.165) is 28.3 Å². The van der Waals surface area contributed by atoms with Crippen LogP contribution in [0.25, 0.3) is 22.6 Å². The van der Waals surface area contributed by atoms with Crippen molar-refractivity contribution < 1.29 is 18.3 Å². The lowest BCUT2D eigenvalue weighted by Crippen LogP contribution is -2.07. The van der Waals surface area contributed by atoms with Crippen molar-refractivity contribution in [1.29, 1.82) is 0 Å². The summed E-state index contributed by atoms with van der Waals surface area (Å²) < 4.78 is 41.0. The molecule has 4 rings (SSSR count). The lowest BCUT2D eigenvalue weighted by atomic mass is 9.98. The number of H-pyrrole nitrogens is 2. The van der Waals surface area contributed by atoms with Crippen LogP contribution in [0.5, 0.6) is 5.88 Å². The summed E-state index contributed by atoms with van der Waals surface area (Å²) in [6, 6.07) is 8.83. The van der Waals surface area contributed by atoms with Gasteiger partial charge in [0.05, 0.1) is 22.2 Å². The zero-order chi connectivity index (χ0) is 20.8. The van der Waals surface area contributed by atoms with E-state index in [1.165, 1.54) is 18.2 Å². The van der Waals surface area contributed by atoms with Gasteiger partial charge in [-0.25, -0.2) is 0 Å². The van der Waals surface area contributed by atoms with E-state index in [1.807, 2.05) is 0 Å². The summed E-state index contributed by atoms with van der Waals surface area (Å²) in [6.45, 7) is 0. The third-order valence-corrected chi connectivity index (χ3v) is 5.74. The monoisotopic (exact) mass is 453 g/mol. The topological polar surface area (TPSA) is 64.7 Å². The Hall–Kier alpha value is -2.62. The van der Waals surface area contributed by atoms with Gasteiger partial charge in [-0.2, -0.15) is 18.3 Å². The van der Waals surface area contributed by atoms with Crippen LogP contribution < -0.4 is 0 Å². The number of hydrogen-bond donors (Lipinski definition) is 3. The molecule has 4 nitrogen and oxygen atoms in total. The Morgan fingerprint density at radius 1 is 1.21 bits per heavy atom. The molecule has 3 N–H and O–H groups in total. The molecule has 29 heavy (non-hydrogen) atoms. The SMILES string of the molecule is Oc1[nH]c(=S)sc1C(=Cc1ccc(Cl)cc1C(F)(F)F)c1ccc2[nH]ncc2c1. The van der Waals surface area contributed by atoms with Crippen LogP contribution in [0.1, 0.15) is 21.6 Å². The van der Waals surface area contributed by atoms with Crippen LogP contribution in [0.4, 0.5) is 13.2 Å². The van der Waals surface area contributed by atoms with Crippen molar-refractivity contribution in [1.82, 2.24) is 15.2 Å². The van der Waals surface area contributed by atoms with Gasteiger partial charge in [-0.15, -0.1) is 11.3 Å². The van der Waals surface area contributed by atoms with E-state index in [9.17, 15) is 18.3 Å². The first-order chi connectivity index (χ1) is 13.7. The van der Waals surface area contributed by atoms with Crippen LogP contribution in [0, 0.1) is 3.95 Å². The quantitative estimate of drug-likeness (QED) is 0.240. The largest absolute Gasteiger partial charge is 0.494 e. The van der Waals surface area contributed by atoms with Crippen molar-refractivity contribution in [3.63, 3.8) is 0 Å². The molecule has 0 atom stereocenters. The summed E-state index contributed by atoms with van der Waals surface area (Å²) in [5.41, 5.74) is 0.813. The molecule has 2 aromatic carbocycles. The van der Waals surface area contributed by atoms with E-state index in [1.54, 1.807) is 24.4 Å². The van der Waals surface area contributed by atoms with Gasteiger partial charge in [0.1, 0.15) is 0 Å². The second-order valence-corrected chi connectivity index (χ2v) is 8.28. The Kier molecular flexibility index (Phi) is 4.97. The van der Waals surface area contributed by atoms with Gasteiger partial charge in [-0.05, 0) is 53.7 Å². The van der Waals surface area contributed by atoms with Crippen LogP contribution in [-0.4, -0.2) is 20.3 Å². The van der Waals surface area contributed by atoms with Gasteiger partial charge in [0.15, 0.2) is 3.95 Å². The summed E-state index contributed by atoms with van der Waals surface area (Å²) in [4.78, 5) is 2.95. The van der Waals surface area contributed by atoms with E-state index in [4.69, 9.17) is 23.8 Å². The first-order valence-corrected chi connectivity index (χ1v) is 9.77. The number of aromatic hydroxyl groups is 1. The van der Waals surface area contributed by atoms with Crippen molar-refractivity contribution >= 4 is 57.7 Å². The first-order valence-electron chi connectivity index (χ1n) is 8.17. The zero-order valence-corrected chi connectivity index (χ0v) is 16.7. The van der Waals surface area contributed by atoms with E-state index >= 15 is 0 Å². The van der Waals surface area contributed by atoms with E-state index < -0.39 is 11.7 Å². The number of rotatable bonds is 3. The molecule has 148 valence electrons. The lowest BCUT2D eigenvalue weighted by molar-refractivity contribution is -0.137. The number of alkyl halides is 3. The lowest BCUT2D eigenvalue weighted by Gasteiger charge is -2.13. The maximum absolute atomic E-state index is 13.6. The Morgan fingerprint density at radius 2 is 2.00 bits per heavy atom. The predicted molar refractivity (Wildman–Crippen MR) is 111 cm³/mol. The van der Waals surface area contributed by atoms with Gasteiger partial charge in [0.2, 0.25) is 5.88 Å². The number of nitrogens with zero attached hydrogens (tertiary/aromatic N) is 1. The highest BCUT2D eigenvalue weighted by Crippen LogP contribution is 2.39. The molecule has 0 aliphatic heterocycles. The van der Waals surface area contributed by atoms with E-state index in [0.29, 0.717) is 20.0 Å². The van der Waals surface area contributed by atoms with Crippen LogP contribution in [0.15, 0.2) is 42.6 Å². The molecule has 10 heteroatoms. The highest BCUT2D eigenvalue weighted by atomic mass is 35.5. The molecule has 0 unspecified atom stereocenters. The van der Waals surface area contributed by atoms with Crippen LogP contribution in [0.3, 0.4) is 0 Å². The number of benzene rings is 2. The minimum absolute atomic E-state index is 0.0176. The molecule has 0 fully saturated rings. The first kappa shape index (κ1) is 19.7. The number of hydrogen-bond acceptors (Lipinski definition) is 4. The average Bonchev–Trinajstić information content (AvgIpc) is 3.25. The van der Waals surface area contributed by atoms with Crippen molar-refractivity contribution in [3.05, 3.63) is 73.1 Å². The molecule has 0 saturated heterocycles. The molecule has 0 spiro atoms. The molecule has 4 aromatic rings. The van der Waals surface area contributed by atoms with Crippen LogP contribution in [-0.2, 0) is 6.18 Å². The van der Waals surface area contributed by atoms with Crippen molar-refractivity contribution in [2.45, 2.75) is 6.18 Å². The summed E-state index contributed by atoms with van der Waals surface area (Å²) in [6.07, 6.45) is -1.61. The average molecular weight is 454 g/mol. The zero-order valence-electron chi connectivity index (χ0n) is 14.3. The van der Waals surface area contributed by atoms with Gasteiger partial charge in [0, 0.05) is 16.0 Å². The minimum Gasteiger partial charge on any atom is -0.494 e. The predicted octanol–water partition coefficient (Wildman–Crippen LogP) is 6.65. The Morgan fingerprint density at radius 3 is 2.69 bits per heavy atom. The Balaban J connectivity index is 1.99. The van der Waals surface area contributed by atoms with Gasteiger partial charge < -0.3 is 10.1 Å². The number of aromatic nitrogens is 3. The third-order valence-electron chi connectivity index (χ3n) is 4.25. The standard InChI is InChI=1S/C19H11ClF3N3OS2/c20-12-3-1-10(14(7-12)19(21,22)23)6-13(16-17(27)25-18(28)29-16)9-2-4-15-11(5-9)8-24-26-15/h1-8,27H,(H,24,26)(H,25,28). The van der Waals surface area contributed by atoms with Gasteiger partial charge in [-0.3, -0.25) is 5.10 Å². The smallest absolute Gasteiger partial charge is 0.417 e. The molecule has 0 amide bonds. The second-order valence-electron chi connectivity index (χ2n) is 6.15. The summed E-state index contributed by atoms with van der Waals surface area (Å²) >= 11 is 11.9. The van der Waals surface area contributed by atoms with Gasteiger partial charge in [-0.1, -0.05) is 23.7 Å². The molecule has 0 radical (unpaired) electrons. The van der Waals surface area contributed by atoms with Crippen molar-refractivity contribution in [2.75, 3.05) is 0 Å². The fourth-order valence-electron chi connectivity index (χ4n) is 2.95. The maximum atomic E-state index is 13.6. The third kappa shape index (κ3) is 3.93. The Labute approximate surface area is 176 Å². The van der Waals surface area contributed by atoms with Crippen molar-refractivity contribution in [2.24, 2.45) is 0 Å². The summed E-state index contributed by atoms with van der Waals surface area (Å²) in [5, 5.41) is 17.8. The molecule has 0 aliphatic carbocycles. The maximum Gasteiger partial charge on any atom is 0.417 e. The number of fused-ring (bicyclic) bond motifs is 1. The molecular weight excluding hydrogens is 443 g/mol. The van der Waals surface area contributed by atoms with Crippen LogP contribution in [0.2, 0.25) is 5.02 Å². The number of aromatic amines is 2. The fourth-order valence-corrected chi connectivity index (χ4v) is 4.23. The summed E-state index contributed by atoms with van der Waals surface area (Å²) in [7, 11) is 0. The van der Waals surface area contributed by atoms with Gasteiger partial charge in [0.25, 0.3) is 0 Å². The van der Waals surface area contributed by atoms with Crippen molar-refractivity contribution in [3.8, 4) is 5.88 Å². The second kappa shape index (κ2) is 7.33. The summed E-state index contributed by atoms with van der Waals surface area (Å²) in [5.74, 6) is -0.207. The van der Waals surface area contributed by atoms with E-state index in [-0.39, 0.29) is 16.5 Å². The molecular formula is C19H11ClF3N3OS2. The highest BCUT2D eigenvalue weighted by Gasteiger charge is 2.33. The Bertz CT molecular complexity index is 1300. The molecule has 2 aromatic heterocycles. The van der Waals surface area contributed by atoms with Gasteiger partial charge >= 0.3 is 6.18 Å². The normalized spacial score (nSPS) is 12.6. The molecule has 2 heterocycles.